The summed E-state index contributed by atoms with van der Waals surface area (Å²) in [6.45, 7) is 13.2. The second-order valence-corrected chi connectivity index (χ2v) is 7.48. The predicted molar refractivity (Wildman–Crippen MR) is 89.9 cm³/mol. The van der Waals surface area contributed by atoms with Gasteiger partial charge in [-0.15, -0.1) is 0 Å². The van der Waals surface area contributed by atoms with E-state index in [0.29, 0.717) is 12.5 Å². The lowest BCUT2D eigenvalue weighted by Gasteiger charge is -2.40. The van der Waals surface area contributed by atoms with Gasteiger partial charge in [-0.05, 0) is 36.8 Å². The third-order valence-electron chi connectivity index (χ3n) is 4.25. The fraction of sp³-hybridized carbons (Fsp3) is 0.632. The number of carbonyl (C=O) groups is 1. The summed E-state index contributed by atoms with van der Waals surface area (Å²) in [6, 6.07) is 9.55. The number of benzene rings is 1. The van der Waals surface area contributed by atoms with Crippen molar-refractivity contribution < 1.29 is 14.3 Å². The van der Waals surface area contributed by atoms with Crippen LogP contribution in [-0.4, -0.2) is 19.2 Å². The fourth-order valence-electron chi connectivity index (χ4n) is 2.48. The lowest BCUT2D eigenvalue weighted by atomic mass is 9.64. The first kappa shape index (κ1) is 18.5. The van der Waals surface area contributed by atoms with Crippen molar-refractivity contribution in [3.8, 4) is 5.75 Å². The van der Waals surface area contributed by atoms with Crippen LogP contribution in [0.4, 0.5) is 0 Å². The van der Waals surface area contributed by atoms with Crippen molar-refractivity contribution >= 4 is 5.97 Å². The molecule has 22 heavy (non-hydrogen) atoms. The lowest BCUT2D eigenvalue weighted by Crippen LogP contribution is -2.43. The smallest absolute Gasteiger partial charge is 0.312 e. The van der Waals surface area contributed by atoms with Crippen LogP contribution in [0.3, 0.4) is 0 Å². The Balaban J connectivity index is 2.54. The highest BCUT2D eigenvalue weighted by molar-refractivity contribution is 5.77. The zero-order chi connectivity index (χ0) is 16.8. The van der Waals surface area contributed by atoms with Crippen molar-refractivity contribution in [2.45, 2.75) is 48.0 Å². The summed E-state index contributed by atoms with van der Waals surface area (Å²) in [4.78, 5) is 12.6. The number of ether oxygens (including phenoxy) is 2. The first-order valence-corrected chi connectivity index (χ1v) is 8.02. The number of esters is 1. The van der Waals surface area contributed by atoms with Crippen molar-refractivity contribution in [1.82, 2.24) is 0 Å². The lowest BCUT2D eigenvalue weighted by molar-refractivity contribution is -0.164. The Kier molecular flexibility index (Phi) is 6.46. The van der Waals surface area contributed by atoms with E-state index in [-0.39, 0.29) is 18.0 Å². The maximum absolute atomic E-state index is 12.6. The van der Waals surface area contributed by atoms with Gasteiger partial charge >= 0.3 is 5.97 Å². The van der Waals surface area contributed by atoms with Crippen LogP contribution in [0, 0.1) is 16.7 Å². The van der Waals surface area contributed by atoms with Crippen molar-refractivity contribution in [1.29, 1.82) is 0 Å². The average molecular weight is 306 g/mol. The molecule has 0 amide bonds. The Bertz CT molecular complexity index is 459. The standard InChI is InChI=1S/C19H30O3/c1-15(2)14-19(6,18(3,4)5)17(20)22-13-12-21-16-10-8-7-9-11-16/h7-11,15H,12-14H2,1-6H3. The van der Waals surface area contributed by atoms with Crippen LogP contribution in [0.2, 0.25) is 0 Å². The fourth-order valence-corrected chi connectivity index (χ4v) is 2.48. The molecular weight excluding hydrogens is 276 g/mol. The summed E-state index contributed by atoms with van der Waals surface area (Å²) < 4.78 is 11.1. The summed E-state index contributed by atoms with van der Waals surface area (Å²) in [5.41, 5.74) is -0.636. The average Bonchev–Trinajstić information content (AvgIpc) is 2.42. The first-order valence-electron chi connectivity index (χ1n) is 8.02. The van der Waals surface area contributed by atoms with E-state index in [1.54, 1.807) is 0 Å². The molecule has 0 aliphatic heterocycles. The van der Waals surface area contributed by atoms with Crippen LogP contribution < -0.4 is 4.74 Å². The van der Waals surface area contributed by atoms with Gasteiger partial charge in [-0.2, -0.15) is 0 Å². The highest BCUT2D eigenvalue weighted by Gasteiger charge is 2.45. The number of hydrogen-bond acceptors (Lipinski definition) is 3. The van der Waals surface area contributed by atoms with Crippen molar-refractivity contribution in [3.63, 3.8) is 0 Å². The largest absolute Gasteiger partial charge is 0.490 e. The van der Waals surface area contributed by atoms with Gasteiger partial charge in [0.1, 0.15) is 19.0 Å². The summed E-state index contributed by atoms with van der Waals surface area (Å²) >= 11 is 0. The minimum atomic E-state index is -0.492. The van der Waals surface area contributed by atoms with Gasteiger partial charge in [-0.3, -0.25) is 4.79 Å². The highest BCUT2D eigenvalue weighted by Crippen LogP contribution is 2.44. The molecule has 0 fully saturated rings. The first-order chi connectivity index (χ1) is 10.2. The molecule has 3 heteroatoms. The molecule has 0 saturated carbocycles. The Morgan fingerprint density at radius 3 is 2.14 bits per heavy atom. The molecule has 0 N–H and O–H groups in total. The molecular formula is C19H30O3. The zero-order valence-corrected chi connectivity index (χ0v) is 14.8. The van der Waals surface area contributed by atoms with Crippen LogP contribution in [0.15, 0.2) is 30.3 Å². The Morgan fingerprint density at radius 1 is 1.05 bits per heavy atom. The van der Waals surface area contributed by atoms with E-state index in [1.807, 2.05) is 37.3 Å². The van der Waals surface area contributed by atoms with E-state index in [4.69, 9.17) is 9.47 Å². The Labute approximate surface area is 135 Å². The molecule has 0 saturated heterocycles. The summed E-state index contributed by atoms with van der Waals surface area (Å²) in [5.74, 6) is 1.10. The van der Waals surface area contributed by atoms with E-state index in [2.05, 4.69) is 34.6 Å². The molecule has 1 aromatic carbocycles. The molecule has 0 radical (unpaired) electrons. The van der Waals surface area contributed by atoms with Gasteiger partial charge in [-0.25, -0.2) is 0 Å². The maximum atomic E-state index is 12.6. The van der Waals surface area contributed by atoms with Crippen LogP contribution in [0.25, 0.3) is 0 Å². The van der Waals surface area contributed by atoms with E-state index >= 15 is 0 Å². The molecule has 3 nitrogen and oxygen atoms in total. The van der Waals surface area contributed by atoms with Gasteiger partial charge in [0.2, 0.25) is 0 Å². The van der Waals surface area contributed by atoms with Gasteiger partial charge in [0.05, 0.1) is 5.41 Å². The van der Waals surface area contributed by atoms with Gasteiger partial charge in [-0.1, -0.05) is 52.8 Å². The van der Waals surface area contributed by atoms with Crippen LogP contribution >= 0.6 is 0 Å². The second-order valence-electron chi connectivity index (χ2n) is 7.48. The number of carbonyl (C=O) groups excluding carboxylic acids is 1. The Morgan fingerprint density at radius 2 is 1.64 bits per heavy atom. The molecule has 0 spiro atoms. The highest BCUT2D eigenvalue weighted by atomic mass is 16.6. The normalized spacial score (nSPS) is 14.5. The number of hydrogen-bond donors (Lipinski definition) is 0. The minimum absolute atomic E-state index is 0.134. The van der Waals surface area contributed by atoms with Gasteiger partial charge in [0, 0.05) is 0 Å². The molecule has 1 unspecified atom stereocenters. The SMILES string of the molecule is CC(C)CC(C)(C(=O)OCCOc1ccccc1)C(C)(C)C. The molecule has 1 atom stereocenters. The molecule has 1 aromatic rings. The second kappa shape index (κ2) is 7.66. The molecule has 124 valence electrons. The Hall–Kier alpha value is -1.51. The third kappa shape index (κ3) is 5.04. The minimum Gasteiger partial charge on any atom is -0.490 e. The van der Waals surface area contributed by atoms with E-state index in [0.717, 1.165) is 12.2 Å². The molecule has 0 aromatic heterocycles. The molecule has 0 aliphatic carbocycles. The molecule has 0 bridgehead atoms. The van der Waals surface area contributed by atoms with Gasteiger partial charge < -0.3 is 9.47 Å². The third-order valence-corrected chi connectivity index (χ3v) is 4.25. The molecule has 0 aliphatic rings. The van der Waals surface area contributed by atoms with Gasteiger partial charge in [0.25, 0.3) is 0 Å². The molecule has 1 rings (SSSR count). The van der Waals surface area contributed by atoms with Gasteiger partial charge in [0.15, 0.2) is 0 Å². The molecule has 0 heterocycles. The number of rotatable bonds is 7. The maximum Gasteiger partial charge on any atom is 0.312 e. The van der Waals surface area contributed by atoms with E-state index in [9.17, 15) is 4.79 Å². The summed E-state index contributed by atoms with van der Waals surface area (Å²) in [5, 5.41) is 0. The summed E-state index contributed by atoms with van der Waals surface area (Å²) in [7, 11) is 0. The van der Waals surface area contributed by atoms with Crippen molar-refractivity contribution in [3.05, 3.63) is 30.3 Å². The van der Waals surface area contributed by atoms with Crippen molar-refractivity contribution in [2.75, 3.05) is 13.2 Å². The van der Waals surface area contributed by atoms with Crippen LogP contribution in [0.1, 0.15) is 48.0 Å². The monoisotopic (exact) mass is 306 g/mol. The van der Waals surface area contributed by atoms with Crippen LogP contribution in [-0.2, 0) is 9.53 Å². The van der Waals surface area contributed by atoms with E-state index in [1.165, 1.54) is 0 Å². The van der Waals surface area contributed by atoms with E-state index < -0.39 is 5.41 Å². The zero-order valence-electron chi connectivity index (χ0n) is 14.8. The van der Waals surface area contributed by atoms with Crippen LogP contribution in [0.5, 0.6) is 5.75 Å². The van der Waals surface area contributed by atoms with Crippen molar-refractivity contribution in [2.24, 2.45) is 16.7 Å². The quantitative estimate of drug-likeness (QED) is 0.541. The topological polar surface area (TPSA) is 35.5 Å². The number of para-hydroxylation sites is 1. The summed E-state index contributed by atoms with van der Waals surface area (Å²) in [6.07, 6.45) is 0.814. The predicted octanol–water partition coefficient (Wildman–Crippen LogP) is 4.71.